The summed E-state index contributed by atoms with van der Waals surface area (Å²) in [5, 5.41) is 20.8. The molecular formula is C29H35ClN6O. The number of hydrogen-bond acceptors (Lipinski definition) is 5. The molecule has 3 N–H and O–H groups in total. The Balaban J connectivity index is 2.19. The first-order valence-corrected chi connectivity index (χ1v) is 12.6. The van der Waals surface area contributed by atoms with Crippen LogP contribution in [0.2, 0.25) is 5.02 Å². The number of hydrogen-bond donors (Lipinski definition) is 3. The van der Waals surface area contributed by atoms with Crippen molar-refractivity contribution >= 4 is 34.7 Å². The van der Waals surface area contributed by atoms with E-state index in [1.165, 1.54) is 0 Å². The van der Waals surface area contributed by atoms with Gasteiger partial charge in [-0.3, -0.25) is 4.79 Å². The number of aryl methyl sites for hydroxylation is 1. The minimum atomic E-state index is -0.116. The van der Waals surface area contributed by atoms with Gasteiger partial charge in [0, 0.05) is 43.0 Å². The molecule has 2 aromatic carbocycles. The number of likely N-dealkylation sites (N-methyl/N-ethyl adjacent to an activating group) is 2. The van der Waals surface area contributed by atoms with E-state index in [9.17, 15) is 4.79 Å². The van der Waals surface area contributed by atoms with Gasteiger partial charge in [0.25, 0.3) is 0 Å². The van der Waals surface area contributed by atoms with E-state index in [0.717, 1.165) is 34.5 Å². The first-order chi connectivity index (χ1) is 17.7. The van der Waals surface area contributed by atoms with Crippen LogP contribution >= 0.6 is 11.6 Å². The Bertz CT molecular complexity index is 1340. The SMILES string of the molecule is CCC(C)=CC(=N)c1c(-c2ccc(Cl)cc2)nn(-c2ccc(C)c(N(C)C(=O)C=CCNC)c2)c1NC. The summed E-state index contributed by atoms with van der Waals surface area (Å²) in [5.41, 5.74) is 6.21. The maximum atomic E-state index is 12.8. The third kappa shape index (κ3) is 6.37. The van der Waals surface area contributed by atoms with Crippen LogP contribution in [0.1, 0.15) is 31.4 Å². The van der Waals surface area contributed by atoms with Crippen LogP contribution in [-0.2, 0) is 4.79 Å². The average molecular weight is 519 g/mol. The Morgan fingerprint density at radius 1 is 1.19 bits per heavy atom. The van der Waals surface area contributed by atoms with Gasteiger partial charge < -0.3 is 20.9 Å². The molecule has 0 radical (unpaired) electrons. The second-order valence-corrected chi connectivity index (χ2v) is 9.26. The highest BCUT2D eigenvalue weighted by Gasteiger charge is 2.23. The van der Waals surface area contributed by atoms with Crippen LogP contribution in [0.3, 0.4) is 0 Å². The molecule has 0 atom stereocenters. The van der Waals surface area contributed by atoms with Gasteiger partial charge in [-0.05, 0) is 63.2 Å². The molecule has 0 saturated carbocycles. The fraction of sp³-hybridized carbons (Fsp3) is 0.276. The van der Waals surface area contributed by atoms with E-state index in [1.807, 2.05) is 76.5 Å². The third-order valence-electron chi connectivity index (χ3n) is 6.17. The average Bonchev–Trinajstić information content (AvgIpc) is 3.28. The van der Waals surface area contributed by atoms with Crippen molar-refractivity contribution < 1.29 is 4.79 Å². The first-order valence-electron chi connectivity index (χ1n) is 12.2. The monoisotopic (exact) mass is 518 g/mol. The summed E-state index contributed by atoms with van der Waals surface area (Å²) in [6, 6.07) is 13.3. The van der Waals surface area contributed by atoms with E-state index in [1.54, 1.807) is 28.8 Å². The van der Waals surface area contributed by atoms with E-state index in [2.05, 4.69) is 17.6 Å². The second-order valence-electron chi connectivity index (χ2n) is 8.83. The second kappa shape index (κ2) is 12.5. The van der Waals surface area contributed by atoms with Gasteiger partial charge in [0.15, 0.2) is 0 Å². The molecule has 1 amide bonds. The number of nitrogens with zero attached hydrogens (tertiary/aromatic N) is 3. The normalized spacial score (nSPS) is 11.7. The summed E-state index contributed by atoms with van der Waals surface area (Å²) in [4.78, 5) is 14.4. The molecule has 0 spiro atoms. The van der Waals surface area contributed by atoms with E-state index in [-0.39, 0.29) is 5.91 Å². The summed E-state index contributed by atoms with van der Waals surface area (Å²) < 4.78 is 1.79. The van der Waals surface area contributed by atoms with Gasteiger partial charge in [0.1, 0.15) is 11.5 Å². The third-order valence-corrected chi connectivity index (χ3v) is 6.42. The number of benzene rings is 2. The van der Waals surface area contributed by atoms with Crippen LogP contribution in [-0.4, -0.2) is 49.1 Å². The molecule has 0 saturated heterocycles. The minimum Gasteiger partial charge on any atom is -0.372 e. The van der Waals surface area contributed by atoms with E-state index >= 15 is 0 Å². The largest absolute Gasteiger partial charge is 0.372 e. The molecule has 8 heteroatoms. The number of carbonyl (C=O) groups is 1. The summed E-state index contributed by atoms with van der Waals surface area (Å²) in [6.07, 6.45) is 6.10. The Kier molecular flexibility index (Phi) is 9.44. The Morgan fingerprint density at radius 2 is 1.89 bits per heavy atom. The quantitative estimate of drug-likeness (QED) is 0.227. The predicted octanol–water partition coefficient (Wildman–Crippen LogP) is 6.01. The molecule has 0 aliphatic carbocycles. The van der Waals surface area contributed by atoms with Crippen molar-refractivity contribution in [3.8, 4) is 16.9 Å². The highest BCUT2D eigenvalue weighted by molar-refractivity contribution is 6.30. The van der Waals surface area contributed by atoms with E-state index < -0.39 is 0 Å². The number of aromatic nitrogens is 2. The van der Waals surface area contributed by atoms with Gasteiger partial charge in [-0.1, -0.05) is 48.4 Å². The van der Waals surface area contributed by atoms with Crippen molar-refractivity contribution in [2.75, 3.05) is 37.9 Å². The topological polar surface area (TPSA) is 86.0 Å². The van der Waals surface area contributed by atoms with Gasteiger partial charge in [-0.15, -0.1) is 0 Å². The van der Waals surface area contributed by atoms with E-state index in [4.69, 9.17) is 22.1 Å². The van der Waals surface area contributed by atoms with Crippen LogP contribution in [0.25, 0.3) is 16.9 Å². The molecule has 3 rings (SSSR count). The van der Waals surface area contributed by atoms with Crippen molar-refractivity contribution in [3.05, 3.63) is 82.4 Å². The lowest BCUT2D eigenvalue weighted by atomic mass is 10.0. The Hall–Kier alpha value is -3.68. The number of nitrogens with one attached hydrogen (secondary N) is 3. The highest BCUT2D eigenvalue weighted by atomic mass is 35.5. The molecule has 3 aromatic rings. The van der Waals surface area contributed by atoms with E-state index in [0.29, 0.717) is 34.4 Å². The van der Waals surface area contributed by atoms with Crippen molar-refractivity contribution in [2.45, 2.75) is 27.2 Å². The Morgan fingerprint density at radius 3 is 2.51 bits per heavy atom. The van der Waals surface area contributed by atoms with Crippen LogP contribution < -0.4 is 15.5 Å². The van der Waals surface area contributed by atoms with Gasteiger partial charge in [0.2, 0.25) is 5.91 Å². The number of amides is 1. The summed E-state index contributed by atoms with van der Waals surface area (Å²) in [5.74, 6) is 0.571. The van der Waals surface area contributed by atoms with Gasteiger partial charge >= 0.3 is 0 Å². The van der Waals surface area contributed by atoms with Crippen LogP contribution in [0.5, 0.6) is 0 Å². The predicted molar refractivity (Wildman–Crippen MR) is 156 cm³/mol. The summed E-state index contributed by atoms with van der Waals surface area (Å²) in [6.45, 7) is 6.68. The molecular weight excluding hydrogens is 484 g/mol. The smallest absolute Gasteiger partial charge is 0.250 e. The van der Waals surface area contributed by atoms with Crippen LogP contribution in [0.15, 0.2) is 66.3 Å². The van der Waals surface area contributed by atoms with Crippen molar-refractivity contribution in [3.63, 3.8) is 0 Å². The number of halogens is 1. The fourth-order valence-corrected chi connectivity index (χ4v) is 4.05. The van der Waals surface area contributed by atoms with Crippen molar-refractivity contribution in [1.82, 2.24) is 15.1 Å². The number of anilines is 2. The Labute approximate surface area is 224 Å². The lowest BCUT2D eigenvalue weighted by molar-refractivity contribution is -0.113. The van der Waals surface area contributed by atoms with Crippen LogP contribution in [0, 0.1) is 12.3 Å². The lowest BCUT2D eigenvalue weighted by Crippen LogP contribution is -2.25. The minimum absolute atomic E-state index is 0.116. The molecule has 1 heterocycles. The molecule has 7 nitrogen and oxygen atoms in total. The van der Waals surface area contributed by atoms with Gasteiger partial charge in [-0.2, -0.15) is 5.10 Å². The number of allylic oxidation sites excluding steroid dienone is 2. The zero-order valence-electron chi connectivity index (χ0n) is 22.3. The fourth-order valence-electron chi connectivity index (χ4n) is 3.92. The zero-order valence-corrected chi connectivity index (χ0v) is 23.1. The maximum absolute atomic E-state index is 12.8. The van der Waals surface area contributed by atoms with Gasteiger partial charge in [0.05, 0.1) is 17.0 Å². The van der Waals surface area contributed by atoms with Crippen LogP contribution in [0.4, 0.5) is 11.5 Å². The van der Waals surface area contributed by atoms with Gasteiger partial charge in [-0.25, -0.2) is 4.68 Å². The maximum Gasteiger partial charge on any atom is 0.250 e. The standard InChI is InChI=1S/C29H35ClN6O/c1-7-19(2)17-24(31)27-28(21-11-13-22(30)14-12-21)34-36(29(27)33-5)23-15-10-20(3)25(18-23)35(6)26(37)9-8-16-32-4/h8-15,17-18,31-33H,7,16H2,1-6H3. The number of rotatable bonds is 10. The summed E-state index contributed by atoms with van der Waals surface area (Å²) in [7, 11) is 5.42. The molecule has 0 unspecified atom stereocenters. The first kappa shape index (κ1) is 27.9. The zero-order chi connectivity index (χ0) is 27.1. The lowest BCUT2D eigenvalue weighted by Gasteiger charge is -2.19. The van der Waals surface area contributed by atoms with Crippen molar-refractivity contribution in [1.29, 1.82) is 5.41 Å². The molecule has 0 aliphatic rings. The molecule has 1 aromatic heterocycles. The molecule has 0 fully saturated rings. The van der Waals surface area contributed by atoms with Crippen molar-refractivity contribution in [2.24, 2.45) is 0 Å². The highest BCUT2D eigenvalue weighted by Crippen LogP contribution is 2.34. The molecule has 0 bridgehead atoms. The molecule has 194 valence electrons. The summed E-state index contributed by atoms with van der Waals surface area (Å²) >= 11 is 6.15. The molecule has 0 aliphatic heterocycles. The molecule has 37 heavy (non-hydrogen) atoms. The number of carbonyl (C=O) groups excluding carboxylic acids is 1.